The van der Waals surface area contributed by atoms with Gasteiger partial charge in [-0.1, -0.05) is 20.8 Å². The fourth-order valence-corrected chi connectivity index (χ4v) is 2.23. The summed E-state index contributed by atoms with van der Waals surface area (Å²) in [7, 11) is 0. The van der Waals surface area contributed by atoms with Gasteiger partial charge >= 0.3 is 0 Å². The van der Waals surface area contributed by atoms with E-state index in [0.29, 0.717) is 11.9 Å². The van der Waals surface area contributed by atoms with Gasteiger partial charge < -0.3 is 10.0 Å². The summed E-state index contributed by atoms with van der Waals surface area (Å²) in [6.07, 6.45) is 0.920. The standard InChI is InChI=1S/C10H23NOS/c1-4-11(5-2)7-9-13-10(3)6-8-12/h10,12H,4-9H2,1-3H3. The summed E-state index contributed by atoms with van der Waals surface area (Å²) < 4.78 is 0. The van der Waals surface area contributed by atoms with Gasteiger partial charge in [0, 0.05) is 24.2 Å². The van der Waals surface area contributed by atoms with E-state index >= 15 is 0 Å². The molecular weight excluding hydrogens is 182 g/mol. The first kappa shape index (κ1) is 13.3. The van der Waals surface area contributed by atoms with Crippen LogP contribution in [0.5, 0.6) is 0 Å². The molecule has 0 bridgehead atoms. The maximum atomic E-state index is 8.71. The van der Waals surface area contributed by atoms with E-state index in [4.69, 9.17) is 5.11 Å². The first-order valence-electron chi connectivity index (χ1n) is 5.19. The lowest BCUT2D eigenvalue weighted by molar-refractivity contribution is 0.288. The van der Waals surface area contributed by atoms with Crippen molar-refractivity contribution in [2.75, 3.05) is 32.0 Å². The quantitative estimate of drug-likeness (QED) is 0.654. The second-order valence-electron chi connectivity index (χ2n) is 3.22. The van der Waals surface area contributed by atoms with Crippen LogP contribution in [0.15, 0.2) is 0 Å². The van der Waals surface area contributed by atoms with Crippen molar-refractivity contribution in [3.63, 3.8) is 0 Å². The molecule has 0 spiro atoms. The van der Waals surface area contributed by atoms with Gasteiger partial charge in [0.15, 0.2) is 0 Å². The Morgan fingerprint density at radius 2 is 1.92 bits per heavy atom. The molecule has 0 radical (unpaired) electrons. The number of hydrogen-bond acceptors (Lipinski definition) is 3. The van der Waals surface area contributed by atoms with Crippen LogP contribution in [0.1, 0.15) is 27.2 Å². The third kappa shape index (κ3) is 7.35. The molecule has 0 saturated heterocycles. The highest BCUT2D eigenvalue weighted by molar-refractivity contribution is 7.99. The number of thioether (sulfide) groups is 1. The van der Waals surface area contributed by atoms with Crippen LogP contribution >= 0.6 is 11.8 Å². The normalized spacial score (nSPS) is 13.6. The zero-order chi connectivity index (χ0) is 10.1. The lowest BCUT2D eigenvalue weighted by atomic mass is 10.3. The predicted molar refractivity (Wildman–Crippen MR) is 61.4 cm³/mol. The Morgan fingerprint density at radius 1 is 1.31 bits per heavy atom. The highest BCUT2D eigenvalue weighted by atomic mass is 32.2. The maximum Gasteiger partial charge on any atom is 0.0441 e. The van der Waals surface area contributed by atoms with Crippen molar-refractivity contribution in [3.05, 3.63) is 0 Å². The Hall–Kier alpha value is 0.270. The van der Waals surface area contributed by atoms with Crippen LogP contribution in [0.4, 0.5) is 0 Å². The van der Waals surface area contributed by atoms with Gasteiger partial charge in [-0.25, -0.2) is 0 Å². The van der Waals surface area contributed by atoms with E-state index in [1.165, 1.54) is 12.3 Å². The highest BCUT2D eigenvalue weighted by Crippen LogP contribution is 2.13. The molecule has 0 saturated carbocycles. The molecule has 0 aromatic heterocycles. The molecule has 3 heteroatoms. The van der Waals surface area contributed by atoms with Gasteiger partial charge in [-0.3, -0.25) is 0 Å². The van der Waals surface area contributed by atoms with Gasteiger partial charge in [0.1, 0.15) is 0 Å². The van der Waals surface area contributed by atoms with E-state index < -0.39 is 0 Å². The molecule has 1 unspecified atom stereocenters. The van der Waals surface area contributed by atoms with Crippen LogP contribution in [0.25, 0.3) is 0 Å². The summed E-state index contributed by atoms with van der Waals surface area (Å²) in [5.41, 5.74) is 0. The molecular formula is C10H23NOS. The lowest BCUT2D eigenvalue weighted by Crippen LogP contribution is -2.25. The molecule has 0 aliphatic rings. The fourth-order valence-electron chi connectivity index (χ4n) is 1.19. The molecule has 2 nitrogen and oxygen atoms in total. The number of nitrogens with zero attached hydrogens (tertiary/aromatic N) is 1. The van der Waals surface area contributed by atoms with E-state index in [0.717, 1.165) is 19.5 Å². The van der Waals surface area contributed by atoms with Crippen molar-refractivity contribution < 1.29 is 5.11 Å². The Balaban J connectivity index is 3.32. The molecule has 0 aromatic carbocycles. The van der Waals surface area contributed by atoms with Crippen LogP contribution in [0, 0.1) is 0 Å². The molecule has 0 amide bonds. The number of rotatable bonds is 8. The van der Waals surface area contributed by atoms with Crippen LogP contribution < -0.4 is 0 Å². The van der Waals surface area contributed by atoms with Gasteiger partial charge in [-0.05, 0) is 19.5 Å². The molecule has 0 fully saturated rings. The van der Waals surface area contributed by atoms with Gasteiger partial charge in [-0.15, -0.1) is 0 Å². The second-order valence-corrected chi connectivity index (χ2v) is 4.77. The van der Waals surface area contributed by atoms with E-state index in [9.17, 15) is 0 Å². The lowest BCUT2D eigenvalue weighted by Gasteiger charge is -2.18. The van der Waals surface area contributed by atoms with E-state index in [2.05, 4.69) is 25.7 Å². The van der Waals surface area contributed by atoms with Crippen molar-refractivity contribution in [2.24, 2.45) is 0 Å². The Kier molecular flexibility index (Phi) is 9.03. The van der Waals surface area contributed by atoms with Gasteiger partial charge in [0.25, 0.3) is 0 Å². The van der Waals surface area contributed by atoms with Crippen LogP contribution in [-0.2, 0) is 0 Å². The second kappa shape index (κ2) is 8.85. The van der Waals surface area contributed by atoms with Crippen molar-refractivity contribution in [3.8, 4) is 0 Å². The third-order valence-electron chi connectivity index (χ3n) is 2.24. The fraction of sp³-hybridized carbons (Fsp3) is 1.00. The van der Waals surface area contributed by atoms with Crippen molar-refractivity contribution >= 4 is 11.8 Å². The molecule has 13 heavy (non-hydrogen) atoms. The molecule has 0 rings (SSSR count). The minimum absolute atomic E-state index is 0.319. The summed E-state index contributed by atoms with van der Waals surface area (Å²) >= 11 is 1.96. The summed E-state index contributed by atoms with van der Waals surface area (Å²) in [6.45, 7) is 10.4. The Labute approximate surface area is 86.7 Å². The van der Waals surface area contributed by atoms with Gasteiger partial charge in [0.05, 0.1) is 0 Å². The van der Waals surface area contributed by atoms with Crippen molar-refractivity contribution in [1.82, 2.24) is 4.90 Å². The minimum atomic E-state index is 0.319. The summed E-state index contributed by atoms with van der Waals surface area (Å²) in [5.74, 6) is 1.18. The Bertz CT molecular complexity index is 107. The van der Waals surface area contributed by atoms with Crippen LogP contribution in [0.2, 0.25) is 0 Å². The molecule has 1 atom stereocenters. The molecule has 80 valence electrons. The average Bonchev–Trinajstić information content (AvgIpc) is 2.13. The first-order valence-corrected chi connectivity index (χ1v) is 6.24. The highest BCUT2D eigenvalue weighted by Gasteiger charge is 2.03. The smallest absolute Gasteiger partial charge is 0.0441 e. The summed E-state index contributed by atoms with van der Waals surface area (Å²) in [4.78, 5) is 2.43. The summed E-state index contributed by atoms with van der Waals surface area (Å²) in [5, 5.41) is 9.31. The molecule has 0 heterocycles. The monoisotopic (exact) mass is 205 g/mol. The molecule has 0 aliphatic heterocycles. The number of aliphatic hydroxyl groups excluding tert-OH is 1. The van der Waals surface area contributed by atoms with E-state index in [1.54, 1.807) is 0 Å². The van der Waals surface area contributed by atoms with Crippen molar-refractivity contribution in [1.29, 1.82) is 0 Å². The molecule has 0 aromatic rings. The Morgan fingerprint density at radius 3 is 2.38 bits per heavy atom. The third-order valence-corrected chi connectivity index (χ3v) is 3.46. The first-order chi connectivity index (χ1) is 6.24. The van der Waals surface area contributed by atoms with E-state index in [1.807, 2.05) is 11.8 Å². The maximum absolute atomic E-state index is 8.71. The van der Waals surface area contributed by atoms with Crippen LogP contribution in [0.3, 0.4) is 0 Å². The molecule has 1 N–H and O–H groups in total. The van der Waals surface area contributed by atoms with E-state index in [-0.39, 0.29) is 0 Å². The SMILES string of the molecule is CCN(CC)CCSC(C)CCO. The minimum Gasteiger partial charge on any atom is -0.396 e. The number of aliphatic hydroxyl groups is 1. The zero-order valence-corrected chi connectivity index (χ0v) is 9.94. The predicted octanol–water partition coefficient (Wildman–Crippen LogP) is 1.83. The van der Waals surface area contributed by atoms with Gasteiger partial charge in [0.2, 0.25) is 0 Å². The van der Waals surface area contributed by atoms with Crippen LogP contribution in [-0.4, -0.2) is 47.3 Å². The molecule has 0 aliphatic carbocycles. The van der Waals surface area contributed by atoms with Crippen molar-refractivity contribution in [2.45, 2.75) is 32.4 Å². The summed E-state index contributed by atoms with van der Waals surface area (Å²) in [6, 6.07) is 0. The van der Waals surface area contributed by atoms with Gasteiger partial charge in [-0.2, -0.15) is 11.8 Å². The topological polar surface area (TPSA) is 23.5 Å². The average molecular weight is 205 g/mol. The largest absolute Gasteiger partial charge is 0.396 e. The zero-order valence-electron chi connectivity index (χ0n) is 9.12. The number of hydrogen-bond donors (Lipinski definition) is 1.